The first-order chi connectivity index (χ1) is 6.20. The minimum absolute atomic E-state index is 0.579. The average Bonchev–Trinajstić information content (AvgIpc) is 2.14. The Morgan fingerprint density at radius 1 is 1.46 bits per heavy atom. The van der Waals surface area contributed by atoms with Crippen LogP contribution < -0.4 is 9.47 Å². The molecule has 0 aromatic heterocycles. The summed E-state index contributed by atoms with van der Waals surface area (Å²) in [6.45, 7) is 2.49. The van der Waals surface area contributed by atoms with Crippen molar-refractivity contribution in [3.05, 3.63) is 21.6 Å². The molecule has 0 aliphatic heterocycles. The first-order valence-electron chi connectivity index (χ1n) is 3.85. The van der Waals surface area contributed by atoms with Crippen molar-refractivity contribution in [2.24, 2.45) is 0 Å². The maximum absolute atomic E-state index is 5.90. The molecule has 0 unspecified atom stereocenters. The molecule has 0 spiro atoms. The zero-order chi connectivity index (χ0) is 9.84. The molecule has 0 aliphatic rings. The maximum Gasteiger partial charge on any atom is 0.176 e. The van der Waals surface area contributed by atoms with Crippen molar-refractivity contribution in [2.75, 3.05) is 13.7 Å². The minimum atomic E-state index is 0.579. The Morgan fingerprint density at radius 3 is 2.69 bits per heavy atom. The lowest BCUT2D eigenvalue weighted by Crippen LogP contribution is -1.96. The van der Waals surface area contributed by atoms with Crippen LogP contribution >= 0.6 is 27.5 Å². The van der Waals surface area contributed by atoms with Crippen LogP contribution in [0.4, 0.5) is 0 Å². The van der Waals surface area contributed by atoms with E-state index in [9.17, 15) is 0 Å². The third-order valence-corrected chi connectivity index (χ3v) is 2.85. The van der Waals surface area contributed by atoms with Gasteiger partial charge in [-0.05, 0) is 35.0 Å². The number of benzene rings is 1. The van der Waals surface area contributed by atoms with Crippen LogP contribution in [0.2, 0.25) is 5.02 Å². The van der Waals surface area contributed by atoms with Gasteiger partial charge in [0.15, 0.2) is 11.5 Å². The van der Waals surface area contributed by atoms with Crippen LogP contribution in [-0.4, -0.2) is 13.7 Å². The molecule has 72 valence electrons. The highest BCUT2D eigenvalue weighted by atomic mass is 79.9. The fourth-order valence-electron chi connectivity index (χ4n) is 0.954. The van der Waals surface area contributed by atoms with E-state index in [1.807, 2.05) is 6.92 Å². The summed E-state index contributed by atoms with van der Waals surface area (Å²) in [7, 11) is 1.60. The van der Waals surface area contributed by atoms with Crippen molar-refractivity contribution in [3.8, 4) is 11.5 Å². The highest BCUT2D eigenvalue weighted by Gasteiger charge is 2.11. The largest absolute Gasteiger partial charge is 0.493 e. The molecule has 0 saturated carbocycles. The van der Waals surface area contributed by atoms with Gasteiger partial charge in [-0.2, -0.15) is 0 Å². The van der Waals surface area contributed by atoms with Crippen LogP contribution in [-0.2, 0) is 0 Å². The quantitative estimate of drug-likeness (QED) is 0.833. The van der Waals surface area contributed by atoms with E-state index in [0.29, 0.717) is 23.1 Å². The summed E-state index contributed by atoms with van der Waals surface area (Å²) in [6, 6.07) is 3.53. The highest BCUT2D eigenvalue weighted by Crippen LogP contribution is 2.39. The average molecular weight is 266 g/mol. The number of hydrogen-bond acceptors (Lipinski definition) is 2. The lowest BCUT2D eigenvalue weighted by Gasteiger charge is -2.11. The van der Waals surface area contributed by atoms with E-state index in [1.54, 1.807) is 19.2 Å². The molecule has 0 bridgehead atoms. The number of hydrogen-bond donors (Lipinski definition) is 0. The minimum Gasteiger partial charge on any atom is -0.493 e. The van der Waals surface area contributed by atoms with Gasteiger partial charge < -0.3 is 9.47 Å². The standard InChI is InChI=1S/C9H10BrClO2/c1-3-13-9-7(12-2)5-4-6(11)8(9)10/h4-5H,3H2,1-2H3. The fraction of sp³-hybridized carbons (Fsp3) is 0.333. The van der Waals surface area contributed by atoms with E-state index in [0.717, 1.165) is 4.47 Å². The molecule has 0 saturated heterocycles. The third-order valence-electron chi connectivity index (χ3n) is 1.52. The Kier molecular flexibility index (Phi) is 3.88. The van der Waals surface area contributed by atoms with Gasteiger partial charge in [-0.1, -0.05) is 11.6 Å². The fourth-order valence-corrected chi connectivity index (χ4v) is 1.54. The molecule has 1 aromatic carbocycles. The second-order valence-electron chi connectivity index (χ2n) is 2.33. The van der Waals surface area contributed by atoms with Crippen LogP contribution in [0.3, 0.4) is 0 Å². The van der Waals surface area contributed by atoms with Gasteiger partial charge in [0.2, 0.25) is 0 Å². The van der Waals surface area contributed by atoms with E-state index >= 15 is 0 Å². The van der Waals surface area contributed by atoms with E-state index in [1.165, 1.54) is 0 Å². The Bertz CT molecular complexity index is 302. The first-order valence-corrected chi connectivity index (χ1v) is 5.02. The van der Waals surface area contributed by atoms with Gasteiger partial charge in [0.05, 0.1) is 23.2 Å². The monoisotopic (exact) mass is 264 g/mol. The molecule has 0 radical (unpaired) electrons. The third kappa shape index (κ3) is 2.29. The van der Waals surface area contributed by atoms with E-state index in [4.69, 9.17) is 21.1 Å². The topological polar surface area (TPSA) is 18.5 Å². The van der Waals surface area contributed by atoms with Crippen molar-refractivity contribution >= 4 is 27.5 Å². The summed E-state index contributed by atoms with van der Waals surface area (Å²) in [6.07, 6.45) is 0. The van der Waals surface area contributed by atoms with E-state index in [-0.39, 0.29) is 0 Å². The summed E-state index contributed by atoms with van der Waals surface area (Å²) < 4.78 is 11.2. The SMILES string of the molecule is CCOc1c(OC)ccc(Cl)c1Br. The first kappa shape index (κ1) is 10.7. The zero-order valence-electron chi connectivity index (χ0n) is 7.43. The molecule has 0 heterocycles. The van der Waals surface area contributed by atoms with Gasteiger partial charge in [-0.25, -0.2) is 0 Å². The Hall–Kier alpha value is -0.410. The Labute approximate surface area is 90.9 Å². The smallest absolute Gasteiger partial charge is 0.176 e. The second-order valence-corrected chi connectivity index (χ2v) is 3.53. The Balaban J connectivity index is 3.15. The highest BCUT2D eigenvalue weighted by molar-refractivity contribution is 9.10. The predicted octanol–water partition coefficient (Wildman–Crippen LogP) is 3.51. The molecule has 13 heavy (non-hydrogen) atoms. The van der Waals surface area contributed by atoms with E-state index in [2.05, 4.69) is 15.9 Å². The van der Waals surface area contributed by atoms with Gasteiger partial charge >= 0.3 is 0 Å². The van der Waals surface area contributed by atoms with Gasteiger partial charge in [0.1, 0.15) is 0 Å². The molecule has 1 aromatic rings. The second kappa shape index (κ2) is 4.72. The van der Waals surface area contributed by atoms with Crippen LogP contribution in [0.25, 0.3) is 0 Å². The lowest BCUT2D eigenvalue weighted by molar-refractivity contribution is 0.309. The van der Waals surface area contributed by atoms with Gasteiger partial charge in [-0.3, -0.25) is 0 Å². The maximum atomic E-state index is 5.90. The molecular weight excluding hydrogens is 255 g/mol. The molecule has 0 amide bonds. The van der Waals surface area contributed by atoms with Crippen LogP contribution in [0.5, 0.6) is 11.5 Å². The van der Waals surface area contributed by atoms with Crippen molar-refractivity contribution in [3.63, 3.8) is 0 Å². The van der Waals surface area contributed by atoms with Crippen LogP contribution in [0.15, 0.2) is 16.6 Å². The number of methoxy groups -OCH3 is 1. The van der Waals surface area contributed by atoms with Crippen molar-refractivity contribution in [1.29, 1.82) is 0 Å². The van der Waals surface area contributed by atoms with Crippen LogP contribution in [0, 0.1) is 0 Å². The summed E-state index contributed by atoms with van der Waals surface area (Å²) in [5, 5.41) is 0.615. The zero-order valence-corrected chi connectivity index (χ0v) is 9.78. The van der Waals surface area contributed by atoms with Gasteiger partial charge in [0, 0.05) is 0 Å². The normalized spacial score (nSPS) is 9.85. The molecule has 0 N–H and O–H groups in total. The number of ether oxygens (including phenoxy) is 2. The molecule has 0 fully saturated rings. The summed E-state index contributed by atoms with van der Waals surface area (Å²) >= 11 is 9.23. The Morgan fingerprint density at radius 2 is 2.15 bits per heavy atom. The van der Waals surface area contributed by atoms with Gasteiger partial charge in [0.25, 0.3) is 0 Å². The van der Waals surface area contributed by atoms with Crippen molar-refractivity contribution in [1.82, 2.24) is 0 Å². The molecule has 2 nitrogen and oxygen atoms in total. The van der Waals surface area contributed by atoms with Gasteiger partial charge in [-0.15, -0.1) is 0 Å². The number of halogens is 2. The lowest BCUT2D eigenvalue weighted by atomic mass is 10.3. The number of rotatable bonds is 3. The molecular formula is C9H10BrClO2. The molecule has 0 atom stereocenters. The van der Waals surface area contributed by atoms with E-state index < -0.39 is 0 Å². The molecule has 1 rings (SSSR count). The summed E-state index contributed by atoms with van der Waals surface area (Å²) in [5.74, 6) is 1.33. The van der Waals surface area contributed by atoms with Crippen molar-refractivity contribution < 1.29 is 9.47 Å². The summed E-state index contributed by atoms with van der Waals surface area (Å²) in [5.41, 5.74) is 0. The summed E-state index contributed by atoms with van der Waals surface area (Å²) in [4.78, 5) is 0. The molecule has 4 heteroatoms. The molecule has 0 aliphatic carbocycles. The van der Waals surface area contributed by atoms with Crippen molar-refractivity contribution in [2.45, 2.75) is 6.92 Å². The van der Waals surface area contributed by atoms with Crippen LogP contribution in [0.1, 0.15) is 6.92 Å². The predicted molar refractivity (Wildman–Crippen MR) is 56.9 cm³/mol.